The summed E-state index contributed by atoms with van der Waals surface area (Å²) in [7, 11) is 0. The Morgan fingerprint density at radius 2 is 2.08 bits per heavy atom. The van der Waals surface area contributed by atoms with Gasteiger partial charge in [0.05, 0.1) is 5.69 Å². The Bertz CT molecular complexity index is 450. The Morgan fingerprint density at radius 3 is 2.77 bits per heavy atom. The third kappa shape index (κ3) is 1.30. The first kappa shape index (κ1) is 8.84. The number of alkyl halides is 1. The second kappa shape index (κ2) is 3.20. The minimum absolute atomic E-state index is 0.711. The van der Waals surface area contributed by atoms with Gasteiger partial charge in [0.25, 0.3) is 0 Å². The van der Waals surface area contributed by atoms with Gasteiger partial charge in [0.2, 0.25) is 0 Å². The van der Waals surface area contributed by atoms with Gasteiger partial charge in [-0.2, -0.15) is 0 Å². The van der Waals surface area contributed by atoms with E-state index in [1.165, 1.54) is 5.56 Å². The summed E-state index contributed by atoms with van der Waals surface area (Å²) < 4.78 is 1.16. The van der Waals surface area contributed by atoms with E-state index in [1.807, 2.05) is 12.1 Å². The molecule has 0 aliphatic rings. The summed E-state index contributed by atoms with van der Waals surface area (Å²) in [6.45, 7) is 0. The minimum atomic E-state index is 0.711. The average molecular weight is 257 g/mol. The van der Waals surface area contributed by atoms with Gasteiger partial charge in [-0.05, 0) is 11.6 Å². The standard InChI is InChI=1S/C9H9BrN2S/c10-4-5-2-1-3-6-7(5)8(11)9(12)13-6/h1-3H,4,11-12H2. The first-order valence-corrected chi connectivity index (χ1v) is 5.79. The van der Waals surface area contributed by atoms with E-state index < -0.39 is 0 Å². The molecule has 1 heterocycles. The van der Waals surface area contributed by atoms with Crippen LogP contribution in [0.1, 0.15) is 5.56 Å². The SMILES string of the molecule is Nc1sc2cccc(CBr)c2c1N. The summed E-state index contributed by atoms with van der Waals surface area (Å²) in [5.41, 5.74) is 13.5. The monoisotopic (exact) mass is 256 g/mol. The summed E-state index contributed by atoms with van der Waals surface area (Å²) in [5.74, 6) is 0. The van der Waals surface area contributed by atoms with E-state index in [2.05, 4.69) is 22.0 Å². The second-order valence-corrected chi connectivity index (χ2v) is 4.45. The van der Waals surface area contributed by atoms with Crippen molar-refractivity contribution >= 4 is 48.0 Å². The fourth-order valence-electron chi connectivity index (χ4n) is 1.38. The van der Waals surface area contributed by atoms with Gasteiger partial charge in [-0.3, -0.25) is 0 Å². The Kier molecular flexibility index (Phi) is 2.17. The van der Waals surface area contributed by atoms with E-state index in [0.717, 1.165) is 21.1 Å². The summed E-state index contributed by atoms with van der Waals surface area (Å²) in [6.07, 6.45) is 0. The summed E-state index contributed by atoms with van der Waals surface area (Å²) in [4.78, 5) is 0. The number of rotatable bonds is 1. The zero-order chi connectivity index (χ0) is 9.42. The normalized spacial score (nSPS) is 10.8. The molecular weight excluding hydrogens is 248 g/mol. The second-order valence-electron chi connectivity index (χ2n) is 2.80. The van der Waals surface area contributed by atoms with Crippen LogP contribution in [-0.2, 0) is 5.33 Å². The molecule has 0 unspecified atom stereocenters. The van der Waals surface area contributed by atoms with E-state index in [0.29, 0.717) is 5.00 Å². The van der Waals surface area contributed by atoms with Crippen molar-refractivity contribution in [2.24, 2.45) is 0 Å². The quantitative estimate of drug-likeness (QED) is 0.771. The Balaban J connectivity index is 2.87. The van der Waals surface area contributed by atoms with Crippen LogP contribution in [0.3, 0.4) is 0 Å². The molecular formula is C9H9BrN2S. The molecule has 1 aromatic carbocycles. The van der Waals surface area contributed by atoms with E-state index >= 15 is 0 Å². The molecule has 2 nitrogen and oxygen atoms in total. The lowest BCUT2D eigenvalue weighted by Gasteiger charge is -1.98. The topological polar surface area (TPSA) is 52.0 Å². The predicted molar refractivity (Wildman–Crippen MR) is 63.3 cm³/mol. The van der Waals surface area contributed by atoms with Crippen LogP contribution in [0.4, 0.5) is 10.7 Å². The number of halogens is 1. The molecule has 0 spiro atoms. The maximum atomic E-state index is 5.88. The molecule has 0 aliphatic carbocycles. The van der Waals surface area contributed by atoms with Crippen LogP contribution in [0.5, 0.6) is 0 Å². The molecule has 0 bridgehead atoms. The van der Waals surface area contributed by atoms with Gasteiger partial charge in [-0.25, -0.2) is 0 Å². The maximum Gasteiger partial charge on any atom is 0.110 e. The van der Waals surface area contributed by atoms with Crippen molar-refractivity contribution in [3.63, 3.8) is 0 Å². The summed E-state index contributed by atoms with van der Waals surface area (Å²) in [5, 5.41) is 2.62. The van der Waals surface area contributed by atoms with Gasteiger partial charge < -0.3 is 11.5 Å². The third-order valence-corrected chi connectivity index (χ3v) is 3.62. The zero-order valence-corrected chi connectivity index (χ0v) is 9.28. The number of hydrogen-bond donors (Lipinski definition) is 2. The Morgan fingerprint density at radius 1 is 1.31 bits per heavy atom. The van der Waals surface area contributed by atoms with E-state index in [9.17, 15) is 0 Å². The fraction of sp³-hybridized carbons (Fsp3) is 0.111. The van der Waals surface area contributed by atoms with Crippen molar-refractivity contribution < 1.29 is 0 Å². The number of nitrogens with two attached hydrogens (primary N) is 2. The van der Waals surface area contributed by atoms with Crippen molar-refractivity contribution in [2.45, 2.75) is 5.33 Å². The van der Waals surface area contributed by atoms with E-state index in [4.69, 9.17) is 11.5 Å². The van der Waals surface area contributed by atoms with E-state index in [-0.39, 0.29) is 0 Å². The van der Waals surface area contributed by atoms with Crippen LogP contribution >= 0.6 is 27.3 Å². The van der Waals surface area contributed by atoms with Gasteiger partial charge in [-0.15, -0.1) is 11.3 Å². The molecule has 0 atom stereocenters. The highest BCUT2D eigenvalue weighted by atomic mass is 79.9. The van der Waals surface area contributed by atoms with Crippen LogP contribution in [0.2, 0.25) is 0 Å². The molecule has 0 aliphatic heterocycles. The number of hydrogen-bond acceptors (Lipinski definition) is 3. The van der Waals surface area contributed by atoms with E-state index in [1.54, 1.807) is 11.3 Å². The minimum Gasteiger partial charge on any atom is -0.396 e. The summed E-state index contributed by atoms with van der Waals surface area (Å²) in [6, 6.07) is 6.12. The highest BCUT2D eigenvalue weighted by Crippen LogP contribution is 2.38. The van der Waals surface area contributed by atoms with Crippen molar-refractivity contribution in [1.82, 2.24) is 0 Å². The molecule has 0 saturated carbocycles. The number of benzene rings is 1. The smallest absolute Gasteiger partial charge is 0.110 e. The van der Waals surface area contributed by atoms with Gasteiger partial charge in [0.1, 0.15) is 5.00 Å². The zero-order valence-electron chi connectivity index (χ0n) is 6.88. The van der Waals surface area contributed by atoms with Gasteiger partial charge in [0, 0.05) is 15.4 Å². The predicted octanol–water partition coefficient (Wildman–Crippen LogP) is 2.96. The van der Waals surface area contributed by atoms with Gasteiger partial charge in [-0.1, -0.05) is 28.1 Å². The maximum absolute atomic E-state index is 5.88. The van der Waals surface area contributed by atoms with Crippen molar-refractivity contribution in [2.75, 3.05) is 11.5 Å². The molecule has 0 saturated heterocycles. The van der Waals surface area contributed by atoms with Crippen LogP contribution in [-0.4, -0.2) is 0 Å². The highest BCUT2D eigenvalue weighted by molar-refractivity contribution is 9.08. The molecule has 0 radical (unpaired) electrons. The molecule has 2 aromatic rings. The highest BCUT2D eigenvalue weighted by Gasteiger charge is 2.09. The van der Waals surface area contributed by atoms with Crippen molar-refractivity contribution in [3.8, 4) is 0 Å². The molecule has 0 fully saturated rings. The molecule has 4 heteroatoms. The molecule has 0 amide bonds. The van der Waals surface area contributed by atoms with Gasteiger partial charge in [0.15, 0.2) is 0 Å². The van der Waals surface area contributed by atoms with Crippen molar-refractivity contribution in [3.05, 3.63) is 23.8 Å². The van der Waals surface area contributed by atoms with Crippen molar-refractivity contribution in [1.29, 1.82) is 0 Å². The van der Waals surface area contributed by atoms with Gasteiger partial charge >= 0.3 is 0 Å². The molecule has 13 heavy (non-hydrogen) atoms. The molecule has 68 valence electrons. The molecule has 1 aromatic heterocycles. The van der Waals surface area contributed by atoms with Crippen LogP contribution < -0.4 is 11.5 Å². The first-order chi connectivity index (χ1) is 6.24. The van der Waals surface area contributed by atoms with Crippen LogP contribution in [0, 0.1) is 0 Å². The average Bonchev–Trinajstić information content (AvgIpc) is 2.43. The fourth-order valence-corrected chi connectivity index (χ4v) is 2.78. The lowest BCUT2D eigenvalue weighted by atomic mass is 10.1. The summed E-state index contributed by atoms with van der Waals surface area (Å²) >= 11 is 4.97. The first-order valence-electron chi connectivity index (χ1n) is 3.85. The number of fused-ring (bicyclic) bond motifs is 1. The number of thiophene rings is 1. The number of nitrogen functional groups attached to an aromatic ring is 2. The van der Waals surface area contributed by atoms with Crippen LogP contribution in [0.15, 0.2) is 18.2 Å². The number of anilines is 2. The lowest BCUT2D eigenvalue weighted by Crippen LogP contribution is -1.90. The molecule has 2 rings (SSSR count). The largest absolute Gasteiger partial charge is 0.396 e. The lowest BCUT2D eigenvalue weighted by molar-refractivity contribution is 1.50. The Hall–Kier alpha value is -0.740. The molecule has 4 N–H and O–H groups in total. The third-order valence-electron chi connectivity index (χ3n) is 2.01. The Labute approximate surface area is 88.7 Å². The van der Waals surface area contributed by atoms with Crippen LogP contribution in [0.25, 0.3) is 10.1 Å².